The van der Waals surface area contributed by atoms with Crippen molar-refractivity contribution in [3.05, 3.63) is 35.4 Å². The van der Waals surface area contributed by atoms with Crippen LogP contribution in [-0.2, 0) is 15.1 Å². The Kier molecular flexibility index (Phi) is 3.20. The van der Waals surface area contributed by atoms with Gasteiger partial charge in [-0.3, -0.25) is 4.79 Å². The molecule has 1 N–H and O–H groups in total. The van der Waals surface area contributed by atoms with Crippen LogP contribution < -0.4 is 0 Å². The van der Waals surface area contributed by atoms with Crippen molar-refractivity contribution in [2.45, 2.75) is 44.0 Å². The van der Waals surface area contributed by atoms with Crippen LogP contribution in [0.15, 0.2) is 24.3 Å². The van der Waals surface area contributed by atoms with Crippen LogP contribution in [0.1, 0.15) is 42.6 Å². The highest BCUT2D eigenvalue weighted by Gasteiger charge is 2.70. The lowest BCUT2D eigenvalue weighted by atomic mass is 9.84. The molecule has 0 aliphatic heterocycles. The van der Waals surface area contributed by atoms with Gasteiger partial charge < -0.3 is 14.6 Å². The van der Waals surface area contributed by atoms with Gasteiger partial charge in [-0.1, -0.05) is 24.3 Å². The van der Waals surface area contributed by atoms with E-state index in [1.807, 2.05) is 32.0 Å². The maximum Gasteiger partial charge on any atom is 0.198 e. The molecule has 4 nitrogen and oxygen atoms in total. The summed E-state index contributed by atoms with van der Waals surface area (Å²) in [5.74, 6) is -0.111. The standard InChI is InChI=1S/C16H20O4/c1-3-19-13-9-10-15(20-4-2)14(17)11-7-5-6-8-12(11)16(13,15)18/h5-8,13,18H,3-4,9-10H2,1-2H3/t13-,15-,16-/m0/s1. The summed E-state index contributed by atoms with van der Waals surface area (Å²) in [6.07, 6.45) is 0.728. The molecule has 108 valence electrons. The van der Waals surface area contributed by atoms with Crippen LogP contribution in [0.3, 0.4) is 0 Å². The van der Waals surface area contributed by atoms with Crippen molar-refractivity contribution in [1.82, 2.24) is 0 Å². The third-order valence-corrected chi connectivity index (χ3v) is 4.55. The number of benzene rings is 1. The molecule has 0 radical (unpaired) electrons. The van der Waals surface area contributed by atoms with E-state index in [0.717, 1.165) is 0 Å². The van der Waals surface area contributed by atoms with Crippen molar-refractivity contribution < 1.29 is 19.4 Å². The third-order valence-electron chi connectivity index (χ3n) is 4.55. The second-order valence-corrected chi connectivity index (χ2v) is 5.38. The van der Waals surface area contributed by atoms with Crippen LogP contribution in [0.2, 0.25) is 0 Å². The molecule has 0 spiro atoms. The van der Waals surface area contributed by atoms with Crippen LogP contribution in [0.4, 0.5) is 0 Å². The molecular formula is C16H20O4. The quantitative estimate of drug-likeness (QED) is 0.914. The predicted molar refractivity (Wildman–Crippen MR) is 73.7 cm³/mol. The Bertz CT molecular complexity index is 541. The highest BCUT2D eigenvalue weighted by atomic mass is 16.5. The minimum absolute atomic E-state index is 0.111. The Labute approximate surface area is 118 Å². The van der Waals surface area contributed by atoms with Gasteiger partial charge in [0.15, 0.2) is 17.0 Å². The van der Waals surface area contributed by atoms with Gasteiger partial charge >= 0.3 is 0 Å². The van der Waals surface area contributed by atoms with Gasteiger partial charge in [-0.05, 0) is 26.7 Å². The Morgan fingerprint density at radius 2 is 2.05 bits per heavy atom. The smallest absolute Gasteiger partial charge is 0.198 e. The summed E-state index contributed by atoms with van der Waals surface area (Å²) in [4.78, 5) is 12.8. The van der Waals surface area contributed by atoms with E-state index < -0.39 is 17.3 Å². The summed E-state index contributed by atoms with van der Waals surface area (Å²) in [5.41, 5.74) is -1.33. The van der Waals surface area contributed by atoms with E-state index in [1.165, 1.54) is 0 Å². The first-order chi connectivity index (χ1) is 9.61. The van der Waals surface area contributed by atoms with Crippen LogP contribution >= 0.6 is 0 Å². The minimum atomic E-state index is -1.37. The summed E-state index contributed by atoms with van der Waals surface area (Å²) in [7, 11) is 0. The molecule has 1 aromatic carbocycles. The van der Waals surface area contributed by atoms with Crippen molar-refractivity contribution in [3.8, 4) is 0 Å². The van der Waals surface area contributed by atoms with E-state index in [9.17, 15) is 9.90 Å². The molecule has 3 atom stereocenters. The molecule has 3 rings (SSSR count). The van der Waals surface area contributed by atoms with Gasteiger partial charge in [0.05, 0.1) is 6.10 Å². The van der Waals surface area contributed by atoms with E-state index in [-0.39, 0.29) is 5.78 Å². The van der Waals surface area contributed by atoms with E-state index in [4.69, 9.17) is 9.47 Å². The van der Waals surface area contributed by atoms with Crippen LogP contribution in [-0.4, -0.2) is 35.8 Å². The lowest BCUT2D eigenvalue weighted by Gasteiger charge is -2.38. The molecule has 0 amide bonds. The van der Waals surface area contributed by atoms with Crippen molar-refractivity contribution >= 4 is 5.78 Å². The second kappa shape index (κ2) is 4.65. The van der Waals surface area contributed by atoms with Gasteiger partial charge in [0.2, 0.25) is 0 Å². The Morgan fingerprint density at radius 3 is 2.75 bits per heavy atom. The fraction of sp³-hybridized carbons (Fsp3) is 0.562. The number of ether oxygens (including phenoxy) is 2. The molecule has 1 saturated carbocycles. The van der Waals surface area contributed by atoms with Crippen molar-refractivity contribution in [2.24, 2.45) is 0 Å². The van der Waals surface area contributed by atoms with Crippen molar-refractivity contribution in [2.75, 3.05) is 13.2 Å². The van der Waals surface area contributed by atoms with E-state index in [0.29, 0.717) is 37.2 Å². The van der Waals surface area contributed by atoms with Crippen LogP contribution in [0.5, 0.6) is 0 Å². The SMILES string of the molecule is CCO[C@H]1CC[C@]2(OCC)C(=O)c3ccccc3[C@]12O. The molecule has 1 aromatic rings. The first-order valence-corrected chi connectivity index (χ1v) is 7.24. The molecule has 0 saturated heterocycles. The number of rotatable bonds is 4. The molecule has 0 bridgehead atoms. The number of ketones is 1. The summed E-state index contributed by atoms with van der Waals surface area (Å²) in [6.45, 7) is 4.64. The van der Waals surface area contributed by atoms with Gasteiger partial charge in [0.1, 0.15) is 0 Å². The lowest BCUT2D eigenvalue weighted by molar-refractivity contribution is -0.180. The maximum absolute atomic E-state index is 12.8. The summed E-state index contributed by atoms with van der Waals surface area (Å²) < 4.78 is 11.5. The Morgan fingerprint density at radius 1 is 1.30 bits per heavy atom. The zero-order valence-corrected chi connectivity index (χ0v) is 11.9. The topological polar surface area (TPSA) is 55.8 Å². The molecular weight excluding hydrogens is 256 g/mol. The average Bonchev–Trinajstić information content (AvgIpc) is 2.83. The van der Waals surface area contributed by atoms with E-state index in [2.05, 4.69) is 0 Å². The molecule has 0 unspecified atom stereocenters. The zero-order chi connectivity index (χ0) is 14.4. The highest BCUT2D eigenvalue weighted by molar-refractivity contribution is 6.09. The number of aliphatic hydroxyl groups is 1. The summed E-state index contributed by atoms with van der Waals surface area (Å²) in [5, 5.41) is 11.4. The third kappa shape index (κ3) is 1.44. The number of Topliss-reactive ketones (excluding diaryl/α,β-unsaturated/α-hetero) is 1. The van der Waals surface area contributed by atoms with Gasteiger partial charge in [-0.2, -0.15) is 0 Å². The molecule has 2 aliphatic carbocycles. The number of fused-ring (bicyclic) bond motifs is 3. The average molecular weight is 276 g/mol. The van der Waals surface area contributed by atoms with Gasteiger partial charge in [-0.15, -0.1) is 0 Å². The Balaban J connectivity index is 2.18. The zero-order valence-electron chi connectivity index (χ0n) is 11.9. The predicted octanol–water partition coefficient (Wildman–Crippen LogP) is 2.04. The molecule has 20 heavy (non-hydrogen) atoms. The molecule has 2 aliphatic rings. The molecule has 1 fully saturated rings. The van der Waals surface area contributed by atoms with Crippen LogP contribution in [0, 0.1) is 0 Å². The van der Waals surface area contributed by atoms with Gasteiger partial charge in [-0.25, -0.2) is 0 Å². The van der Waals surface area contributed by atoms with E-state index in [1.54, 1.807) is 6.07 Å². The fourth-order valence-electron chi connectivity index (χ4n) is 3.80. The highest BCUT2D eigenvalue weighted by Crippen LogP contribution is 2.57. The number of carbonyl (C=O) groups is 1. The maximum atomic E-state index is 12.8. The first kappa shape index (κ1) is 13.7. The largest absolute Gasteiger partial charge is 0.379 e. The molecule has 0 heterocycles. The summed E-state index contributed by atoms with van der Waals surface area (Å²) >= 11 is 0. The van der Waals surface area contributed by atoms with E-state index >= 15 is 0 Å². The lowest BCUT2D eigenvalue weighted by Crippen LogP contribution is -2.55. The van der Waals surface area contributed by atoms with Gasteiger partial charge in [0, 0.05) is 24.3 Å². The van der Waals surface area contributed by atoms with Crippen LogP contribution in [0.25, 0.3) is 0 Å². The first-order valence-electron chi connectivity index (χ1n) is 7.24. The number of carbonyl (C=O) groups excluding carboxylic acids is 1. The Hall–Kier alpha value is -1.23. The fourth-order valence-corrected chi connectivity index (χ4v) is 3.80. The minimum Gasteiger partial charge on any atom is -0.379 e. The monoisotopic (exact) mass is 276 g/mol. The molecule has 4 heteroatoms. The van der Waals surface area contributed by atoms with Crippen molar-refractivity contribution in [1.29, 1.82) is 0 Å². The normalized spacial score (nSPS) is 35.1. The summed E-state index contributed by atoms with van der Waals surface area (Å²) in [6, 6.07) is 7.23. The second-order valence-electron chi connectivity index (χ2n) is 5.38. The number of hydrogen-bond donors (Lipinski definition) is 1. The van der Waals surface area contributed by atoms with Gasteiger partial charge in [0.25, 0.3) is 0 Å². The van der Waals surface area contributed by atoms with Crippen molar-refractivity contribution in [3.63, 3.8) is 0 Å². The molecule has 0 aromatic heterocycles. The number of hydrogen-bond acceptors (Lipinski definition) is 4.